The van der Waals surface area contributed by atoms with Gasteiger partial charge >= 0.3 is 0 Å². The fourth-order valence-corrected chi connectivity index (χ4v) is 2.52. The van der Waals surface area contributed by atoms with Crippen LogP contribution in [-0.4, -0.2) is 67.6 Å². The highest BCUT2D eigenvalue weighted by Gasteiger charge is 2.27. The van der Waals surface area contributed by atoms with E-state index in [-0.39, 0.29) is 30.8 Å². The van der Waals surface area contributed by atoms with Crippen LogP contribution in [0.4, 0.5) is 4.39 Å². The predicted octanol–water partition coefficient (Wildman–Crippen LogP) is 0.814. The van der Waals surface area contributed by atoms with Gasteiger partial charge in [-0.15, -0.1) is 12.4 Å². The van der Waals surface area contributed by atoms with Crippen molar-refractivity contribution in [2.45, 2.75) is 13.0 Å². The molecule has 2 N–H and O–H groups in total. The third-order valence-electron chi connectivity index (χ3n) is 3.96. The molecule has 8 heteroatoms. The third kappa shape index (κ3) is 4.66. The first-order chi connectivity index (χ1) is 10.9. The van der Waals surface area contributed by atoms with Crippen LogP contribution in [-0.2, 0) is 9.53 Å². The third-order valence-corrected chi connectivity index (χ3v) is 3.96. The summed E-state index contributed by atoms with van der Waals surface area (Å²) in [4.78, 5) is 27.7. The summed E-state index contributed by atoms with van der Waals surface area (Å²) in [5.41, 5.74) is 6.56. The van der Waals surface area contributed by atoms with Crippen molar-refractivity contribution in [1.82, 2.24) is 9.80 Å². The minimum Gasteiger partial charge on any atom is -0.383 e. The van der Waals surface area contributed by atoms with E-state index >= 15 is 0 Å². The lowest BCUT2D eigenvalue weighted by Gasteiger charge is -2.35. The van der Waals surface area contributed by atoms with Crippen LogP contribution in [0.2, 0.25) is 0 Å². The Bertz CT molecular complexity index is 592. The molecule has 1 saturated heterocycles. The molecule has 1 unspecified atom stereocenters. The van der Waals surface area contributed by atoms with Crippen LogP contribution >= 0.6 is 12.4 Å². The first kappa shape index (κ1) is 20.3. The Balaban J connectivity index is 0.00000288. The molecule has 1 aromatic carbocycles. The molecule has 0 radical (unpaired) electrons. The number of nitrogens with zero attached hydrogens (tertiary/aromatic N) is 2. The van der Waals surface area contributed by atoms with Crippen LogP contribution in [0.1, 0.15) is 15.9 Å². The Kier molecular flexibility index (Phi) is 7.59. The fourth-order valence-electron chi connectivity index (χ4n) is 2.52. The Morgan fingerprint density at radius 2 is 1.83 bits per heavy atom. The average molecular weight is 360 g/mol. The van der Waals surface area contributed by atoms with Crippen LogP contribution in [0, 0.1) is 12.7 Å². The van der Waals surface area contributed by atoms with Gasteiger partial charge in [-0.05, 0) is 24.6 Å². The number of rotatable bonds is 4. The van der Waals surface area contributed by atoms with Crippen LogP contribution in [0.15, 0.2) is 18.2 Å². The Labute approximate surface area is 147 Å². The molecular formula is C16H23ClFN3O3. The summed E-state index contributed by atoms with van der Waals surface area (Å²) in [6.45, 7) is 3.45. The van der Waals surface area contributed by atoms with Crippen LogP contribution < -0.4 is 5.73 Å². The van der Waals surface area contributed by atoms with Crippen molar-refractivity contribution in [2.24, 2.45) is 5.73 Å². The second-order valence-corrected chi connectivity index (χ2v) is 5.64. The number of amides is 2. The first-order valence-corrected chi connectivity index (χ1v) is 7.52. The Hall–Kier alpha value is -1.70. The molecule has 0 bridgehead atoms. The van der Waals surface area contributed by atoms with Crippen molar-refractivity contribution in [3.8, 4) is 0 Å². The summed E-state index contributed by atoms with van der Waals surface area (Å²) in [6.07, 6.45) is 0. The zero-order chi connectivity index (χ0) is 17.0. The zero-order valence-electron chi connectivity index (χ0n) is 13.8. The van der Waals surface area contributed by atoms with Crippen LogP contribution in [0.3, 0.4) is 0 Å². The largest absolute Gasteiger partial charge is 0.383 e. The van der Waals surface area contributed by atoms with E-state index in [9.17, 15) is 14.0 Å². The van der Waals surface area contributed by atoms with Crippen molar-refractivity contribution in [2.75, 3.05) is 39.9 Å². The summed E-state index contributed by atoms with van der Waals surface area (Å²) >= 11 is 0. The topological polar surface area (TPSA) is 75.9 Å². The minimum atomic E-state index is -0.687. The van der Waals surface area contributed by atoms with E-state index in [1.54, 1.807) is 28.9 Å². The number of hydrogen-bond acceptors (Lipinski definition) is 4. The maximum atomic E-state index is 13.6. The highest BCUT2D eigenvalue weighted by atomic mass is 35.5. The molecule has 0 spiro atoms. The van der Waals surface area contributed by atoms with E-state index in [0.29, 0.717) is 37.3 Å². The molecule has 1 atom stereocenters. The van der Waals surface area contributed by atoms with E-state index in [0.717, 1.165) is 0 Å². The molecule has 1 aromatic rings. The molecular weight excluding hydrogens is 337 g/mol. The maximum absolute atomic E-state index is 13.6. The zero-order valence-corrected chi connectivity index (χ0v) is 14.6. The first-order valence-electron chi connectivity index (χ1n) is 7.52. The highest BCUT2D eigenvalue weighted by molar-refractivity contribution is 5.94. The second kappa shape index (κ2) is 8.96. The van der Waals surface area contributed by atoms with Crippen LogP contribution in [0.5, 0.6) is 0 Å². The summed E-state index contributed by atoms with van der Waals surface area (Å²) in [6, 6.07) is 3.77. The molecule has 2 amide bonds. The molecule has 0 aliphatic carbocycles. The van der Waals surface area contributed by atoms with Gasteiger partial charge in [0.05, 0.1) is 6.61 Å². The second-order valence-electron chi connectivity index (χ2n) is 5.64. The predicted molar refractivity (Wildman–Crippen MR) is 90.7 cm³/mol. The Morgan fingerprint density at radius 3 is 2.38 bits per heavy atom. The molecule has 134 valence electrons. The van der Waals surface area contributed by atoms with Crippen molar-refractivity contribution < 1.29 is 18.7 Å². The molecule has 6 nitrogen and oxygen atoms in total. The molecule has 1 aliphatic rings. The van der Waals surface area contributed by atoms with Gasteiger partial charge in [0.15, 0.2) is 0 Å². The molecule has 1 fully saturated rings. The number of carbonyl (C=O) groups is 2. The lowest BCUT2D eigenvalue weighted by atomic mass is 10.1. The van der Waals surface area contributed by atoms with Gasteiger partial charge in [-0.1, -0.05) is 6.07 Å². The van der Waals surface area contributed by atoms with E-state index in [1.807, 2.05) is 0 Å². The van der Waals surface area contributed by atoms with Gasteiger partial charge in [0.1, 0.15) is 11.9 Å². The van der Waals surface area contributed by atoms with Crippen molar-refractivity contribution in [3.63, 3.8) is 0 Å². The number of carbonyl (C=O) groups excluding carboxylic acids is 2. The summed E-state index contributed by atoms with van der Waals surface area (Å²) in [7, 11) is 1.49. The molecule has 2 rings (SSSR count). The molecule has 0 aromatic heterocycles. The number of benzene rings is 1. The van der Waals surface area contributed by atoms with Gasteiger partial charge in [0.25, 0.3) is 5.91 Å². The number of ether oxygens (including phenoxy) is 1. The number of nitrogens with two attached hydrogens (primary N) is 1. The van der Waals surface area contributed by atoms with Crippen molar-refractivity contribution in [3.05, 3.63) is 35.1 Å². The molecule has 0 saturated carbocycles. The van der Waals surface area contributed by atoms with Gasteiger partial charge in [-0.3, -0.25) is 9.59 Å². The summed E-state index contributed by atoms with van der Waals surface area (Å²) < 4.78 is 18.5. The Morgan fingerprint density at radius 1 is 1.25 bits per heavy atom. The normalized spacial score (nSPS) is 15.7. The lowest BCUT2D eigenvalue weighted by Crippen LogP contribution is -2.55. The fraction of sp³-hybridized carbons (Fsp3) is 0.500. The lowest BCUT2D eigenvalue weighted by molar-refractivity contribution is -0.135. The van der Waals surface area contributed by atoms with E-state index in [4.69, 9.17) is 10.5 Å². The van der Waals surface area contributed by atoms with E-state index < -0.39 is 11.9 Å². The highest BCUT2D eigenvalue weighted by Crippen LogP contribution is 2.13. The standard InChI is InChI=1S/C16H22FN3O3.ClH/c1-11-3-4-12(9-13(11)17)15(21)19-5-7-20(8-6-19)16(22)14(18)10-23-2;/h3-4,9,14H,5-8,10,18H2,1-2H3;1H. The number of hydrogen-bond donors (Lipinski definition) is 1. The van der Waals surface area contributed by atoms with Gasteiger partial charge in [-0.25, -0.2) is 4.39 Å². The van der Waals surface area contributed by atoms with Gasteiger partial charge < -0.3 is 20.3 Å². The van der Waals surface area contributed by atoms with E-state index in [2.05, 4.69) is 0 Å². The van der Waals surface area contributed by atoms with Crippen molar-refractivity contribution >= 4 is 24.2 Å². The van der Waals surface area contributed by atoms with E-state index in [1.165, 1.54) is 13.2 Å². The molecule has 24 heavy (non-hydrogen) atoms. The minimum absolute atomic E-state index is 0. The maximum Gasteiger partial charge on any atom is 0.254 e. The van der Waals surface area contributed by atoms with Gasteiger partial charge in [0.2, 0.25) is 5.91 Å². The number of piperazine rings is 1. The van der Waals surface area contributed by atoms with Gasteiger partial charge in [-0.2, -0.15) is 0 Å². The molecule has 1 aliphatic heterocycles. The monoisotopic (exact) mass is 359 g/mol. The van der Waals surface area contributed by atoms with Crippen molar-refractivity contribution in [1.29, 1.82) is 0 Å². The summed E-state index contributed by atoms with van der Waals surface area (Å²) in [5.74, 6) is -0.798. The van der Waals surface area contributed by atoms with Gasteiger partial charge in [0, 0.05) is 38.9 Å². The van der Waals surface area contributed by atoms with Crippen LogP contribution in [0.25, 0.3) is 0 Å². The average Bonchev–Trinajstić information content (AvgIpc) is 2.56. The number of halogens is 2. The summed E-state index contributed by atoms with van der Waals surface area (Å²) in [5, 5.41) is 0. The number of methoxy groups -OCH3 is 1. The quantitative estimate of drug-likeness (QED) is 0.863. The molecule has 1 heterocycles. The number of aryl methyl sites for hydroxylation is 1. The smallest absolute Gasteiger partial charge is 0.254 e. The SMILES string of the molecule is COCC(N)C(=O)N1CCN(C(=O)c2ccc(C)c(F)c2)CC1.Cl.